The number of thioether (sulfide) groups is 1. The Bertz CT molecular complexity index is 1560. The third-order valence-electron chi connectivity index (χ3n) is 6.68. The standard InChI is InChI=1S/C28H28N6O2S3/c1-15-5-8-17(9-6-15)31-22(36)14-37-27-33-32-26(39-27)34-19-11-28(3,4)12-20(35)24(19)23(18(13-29)25(34)30)21-10-7-16(2)38-21/h5-10,23H,11-12,14,30H2,1-4H3,(H,31,36). The number of anilines is 2. The lowest BCUT2D eigenvalue weighted by molar-refractivity contribution is -0.118. The number of amides is 1. The first-order chi connectivity index (χ1) is 18.6. The van der Waals surface area contributed by atoms with Crippen molar-refractivity contribution >= 4 is 56.9 Å². The van der Waals surface area contributed by atoms with Gasteiger partial charge in [-0.05, 0) is 49.9 Å². The number of allylic oxidation sites excluding steroid dienone is 3. The molecule has 0 radical (unpaired) electrons. The number of nitrogens with one attached hydrogen (secondary N) is 1. The van der Waals surface area contributed by atoms with Gasteiger partial charge in [0, 0.05) is 33.1 Å². The highest BCUT2D eigenvalue weighted by atomic mass is 32.2. The molecule has 0 saturated carbocycles. The summed E-state index contributed by atoms with van der Waals surface area (Å²) in [5.74, 6) is -0.187. The second-order valence-corrected chi connectivity index (χ2v) is 14.0. The van der Waals surface area contributed by atoms with Crippen molar-refractivity contribution in [2.45, 2.75) is 50.8 Å². The van der Waals surface area contributed by atoms with Crippen LogP contribution in [0.2, 0.25) is 0 Å². The predicted octanol–water partition coefficient (Wildman–Crippen LogP) is 5.89. The number of rotatable bonds is 6. The average Bonchev–Trinajstić information content (AvgIpc) is 3.51. The minimum atomic E-state index is -0.490. The summed E-state index contributed by atoms with van der Waals surface area (Å²) in [4.78, 5) is 29.9. The Hall–Kier alpha value is -3.46. The topological polar surface area (TPSA) is 125 Å². The highest BCUT2D eigenvalue weighted by molar-refractivity contribution is 8.01. The molecule has 1 unspecified atom stereocenters. The summed E-state index contributed by atoms with van der Waals surface area (Å²) in [7, 11) is 0. The fourth-order valence-electron chi connectivity index (χ4n) is 4.93. The zero-order chi connectivity index (χ0) is 27.9. The number of nitrogens with two attached hydrogens (primary N) is 1. The molecule has 200 valence electrons. The van der Waals surface area contributed by atoms with Crippen LogP contribution in [-0.2, 0) is 9.59 Å². The Morgan fingerprint density at radius 2 is 1.92 bits per heavy atom. The Balaban J connectivity index is 1.45. The van der Waals surface area contributed by atoms with E-state index >= 15 is 0 Å². The quantitative estimate of drug-likeness (QED) is 0.348. The van der Waals surface area contributed by atoms with Crippen LogP contribution in [0, 0.1) is 30.6 Å². The molecule has 1 aliphatic carbocycles. The Labute approximate surface area is 239 Å². The van der Waals surface area contributed by atoms with E-state index in [-0.39, 0.29) is 28.7 Å². The first kappa shape index (κ1) is 27.1. The maximum Gasteiger partial charge on any atom is 0.234 e. The normalized spacial score (nSPS) is 18.7. The summed E-state index contributed by atoms with van der Waals surface area (Å²) >= 11 is 4.13. The van der Waals surface area contributed by atoms with Gasteiger partial charge in [0.25, 0.3) is 0 Å². The number of aromatic nitrogens is 2. The number of hydrogen-bond acceptors (Lipinski definition) is 10. The van der Waals surface area contributed by atoms with Crippen LogP contribution in [0.25, 0.3) is 0 Å². The molecule has 11 heteroatoms. The molecule has 2 aromatic heterocycles. The Morgan fingerprint density at radius 1 is 1.18 bits per heavy atom. The number of carbonyl (C=O) groups is 2. The first-order valence-corrected chi connectivity index (χ1v) is 15.0. The number of carbonyl (C=O) groups excluding carboxylic acids is 2. The van der Waals surface area contributed by atoms with Crippen LogP contribution < -0.4 is 16.0 Å². The second kappa shape index (κ2) is 10.6. The molecule has 39 heavy (non-hydrogen) atoms. The van der Waals surface area contributed by atoms with Crippen molar-refractivity contribution in [3.05, 3.63) is 74.4 Å². The highest BCUT2D eigenvalue weighted by Crippen LogP contribution is 2.51. The van der Waals surface area contributed by atoms with Crippen molar-refractivity contribution < 1.29 is 9.59 Å². The maximum absolute atomic E-state index is 13.6. The molecule has 1 atom stereocenters. The van der Waals surface area contributed by atoms with Gasteiger partial charge < -0.3 is 11.1 Å². The van der Waals surface area contributed by atoms with Gasteiger partial charge >= 0.3 is 0 Å². The van der Waals surface area contributed by atoms with Crippen LogP contribution in [0.3, 0.4) is 0 Å². The van der Waals surface area contributed by atoms with Gasteiger partial charge in [0.15, 0.2) is 10.1 Å². The number of nitriles is 1. The van der Waals surface area contributed by atoms with Gasteiger partial charge in [-0.2, -0.15) is 5.26 Å². The number of Topliss-reactive ketones (excluding diaryl/α,β-unsaturated/α-hetero) is 1. The third-order valence-corrected chi connectivity index (χ3v) is 9.78. The van der Waals surface area contributed by atoms with Gasteiger partial charge in [0.05, 0.1) is 23.3 Å². The summed E-state index contributed by atoms with van der Waals surface area (Å²) in [5.41, 5.74) is 9.98. The maximum atomic E-state index is 13.6. The van der Waals surface area contributed by atoms with Gasteiger partial charge in [-0.3, -0.25) is 14.5 Å². The van der Waals surface area contributed by atoms with E-state index in [2.05, 4.69) is 35.4 Å². The smallest absolute Gasteiger partial charge is 0.234 e. The molecular formula is C28H28N6O2S3. The molecule has 3 N–H and O–H groups in total. The van der Waals surface area contributed by atoms with E-state index in [4.69, 9.17) is 5.73 Å². The molecule has 2 aliphatic rings. The number of thiophene rings is 1. The lowest BCUT2D eigenvalue weighted by atomic mass is 9.70. The molecular weight excluding hydrogens is 549 g/mol. The highest BCUT2D eigenvalue weighted by Gasteiger charge is 2.45. The van der Waals surface area contributed by atoms with E-state index in [9.17, 15) is 14.9 Å². The summed E-state index contributed by atoms with van der Waals surface area (Å²) in [5, 5.41) is 22.2. The van der Waals surface area contributed by atoms with Gasteiger partial charge in [-0.25, -0.2) is 0 Å². The van der Waals surface area contributed by atoms with Crippen LogP contribution >= 0.6 is 34.4 Å². The van der Waals surface area contributed by atoms with Crippen molar-refractivity contribution in [2.24, 2.45) is 11.1 Å². The fourth-order valence-corrected chi connectivity index (χ4v) is 7.61. The number of aryl methyl sites for hydroxylation is 2. The van der Waals surface area contributed by atoms with Crippen LogP contribution in [0.4, 0.5) is 10.8 Å². The van der Waals surface area contributed by atoms with Crippen molar-refractivity contribution in [3.8, 4) is 6.07 Å². The number of nitrogens with zero attached hydrogens (tertiary/aromatic N) is 4. The van der Waals surface area contributed by atoms with E-state index in [1.807, 2.05) is 50.2 Å². The summed E-state index contributed by atoms with van der Waals surface area (Å²) in [6.45, 7) is 8.12. The minimum Gasteiger partial charge on any atom is -0.384 e. The molecule has 0 saturated heterocycles. The molecule has 0 fully saturated rings. The lowest BCUT2D eigenvalue weighted by Crippen LogP contribution is -2.42. The van der Waals surface area contributed by atoms with E-state index in [1.165, 1.54) is 23.1 Å². The zero-order valence-corrected chi connectivity index (χ0v) is 24.5. The van der Waals surface area contributed by atoms with Crippen molar-refractivity contribution in [1.82, 2.24) is 10.2 Å². The van der Waals surface area contributed by atoms with Crippen LogP contribution in [0.5, 0.6) is 0 Å². The zero-order valence-electron chi connectivity index (χ0n) is 22.1. The van der Waals surface area contributed by atoms with Gasteiger partial charge in [0.1, 0.15) is 5.82 Å². The predicted molar refractivity (Wildman–Crippen MR) is 157 cm³/mol. The van der Waals surface area contributed by atoms with E-state index < -0.39 is 5.92 Å². The van der Waals surface area contributed by atoms with Crippen molar-refractivity contribution in [1.29, 1.82) is 5.26 Å². The Morgan fingerprint density at radius 3 is 2.59 bits per heavy atom. The molecule has 3 aromatic rings. The van der Waals surface area contributed by atoms with Crippen LogP contribution in [0.1, 0.15) is 47.9 Å². The molecule has 1 amide bonds. The summed E-state index contributed by atoms with van der Waals surface area (Å²) in [6.07, 6.45) is 1.00. The first-order valence-electron chi connectivity index (χ1n) is 12.4. The fraction of sp³-hybridized carbons (Fsp3) is 0.321. The largest absolute Gasteiger partial charge is 0.384 e. The van der Waals surface area contributed by atoms with Crippen LogP contribution in [-0.4, -0.2) is 27.6 Å². The summed E-state index contributed by atoms with van der Waals surface area (Å²) < 4.78 is 0.593. The molecule has 0 bridgehead atoms. The van der Waals surface area contributed by atoms with E-state index in [0.717, 1.165) is 26.7 Å². The van der Waals surface area contributed by atoms with Gasteiger partial charge in [-0.15, -0.1) is 21.5 Å². The molecule has 8 nitrogen and oxygen atoms in total. The number of hydrogen-bond donors (Lipinski definition) is 2. The van der Waals surface area contributed by atoms with Gasteiger partial charge in [0.2, 0.25) is 11.0 Å². The summed E-state index contributed by atoms with van der Waals surface area (Å²) in [6, 6.07) is 13.9. The number of ketones is 1. The molecule has 5 rings (SSSR count). The number of benzene rings is 1. The lowest BCUT2D eigenvalue weighted by Gasteiger charge is -2.42. The minimum absolute atomic E-state index is 0.0226. The van der Waals surface area contributed by atoms with Gasteiger partial charge in [-0.1, -0.05) is 54.6 Å². The third kappa shape index (κ3) is 5.50. The molecule has 1 aromatic carbocycles. The monoisotopic (exact) mass is 576 g/mol. The Kier molecular flexibility index (Phi) is 7.37. The molecule has 3 heterocycles. The van der Waals surface area contributed by atoms with Crippen molar-refractivity contribution in [2.75, 3.05) is 16.0 Å². The van der Waals surface area contributed by atoms with E-state index in [1.54, 1.807) is 16.2 Å². The second-order valence-electron chi connectivity index (χ2n) is 10.5. The van der Waals surface area contributed by atoms with Crippen LogP contribution in [0.15, 0.2) is 63.4 Å². The average molecular weight is 577 g/mol. The SMILES string of the molecule is Cc1ccc(NC(=O)CSc2nnc(N3C(N)=C(C#N)C(c4ccc(C)s4)C4=C3CC(C)(C)CC4=O)s2)cc1. The van der Waals surface area contributed by atoms with E-state index in [0.29, 0.717) is 33.5 Å². The molecule has 1 aliphatic heterocycles. The molecule has 0 spiro atoms. The van der Waals surface area contributed by atoms with Crippen molar-refractivity contribution in [3.63, 3.8) is 0 Å².